The highest BCUT2D eigenvalue weighted by Gasteiger charge is 2.08. The average molecular weight is 402 g/mol. The fourth-order valence-corrected chi connectivity index (χ4v) is 3.09. The molecule has 1 aromatic heterocycles. The predicted molar refractivity (Wildman–Crippen MR) is 113 cm³/mol. The number of hydrogen-bond donors (Lipinski definition) is 4. The summed E-state index contributed by atoms with van der Waals surface area (Å²) in [7, 11) is 0. The van der Waals surface area contributed by atoms with E-state index in [1.54, 1.807) is 17.5 Å². The van der Waals surface area contributed by atoms with E-state index in [1.807, 2.05) is 12.1 Å². The van der Waals surface area contributed by atoms with E-state index in [9.17, 15) is 9.90 Å². The molecule has 146 valence electrons. The maximum absolute atomic E-state index is 12.1. The number of thiazole rings is 1. The minimum absolute atomic E-state index is 0.0449. The number of nitrogens with two attached hydrogens (primary N) is 1. The van der Waals surface area contributed by atoms with Gasteiger partial charge in [-0.2, -0.15) is 0 Å². The van der Waals surface area contributed by atoms with Gasteiger partial charge in [-0.15, -0.1) is 11.3 Å². The number of aromatic nitrogens is 1. The summed E-state index contributed by atoms with van der Waals surface area (Å²) in [6.45, 7) is 0.552. The molecule has 0 spiro atoms. The molecule has 0 unspecified atom stereocenters. The molecule has 28 heavy (non-hydrogen) atoms. The number of anilines is 2. The van der Waals surface area contributed by atoms with Crippen molar-refractivity contribution in [2.24, 2.45) is 0 Å². The quantitative estimate of drug-likeness (QED) is 0.413. The third-order valence-corrected chi connectivity index (χ3v) is 4.65. The number of amides is 1. The third-order valence-electron chi connectivity index (χ3n) is 3.93. The van der Waals surface area contributed by atoms with Crippen LogP contribution < -0.4 is 16.4 Å². The zero-order chi connectivity index (χ0) is 24.1. The number of carbonyl (C=O) groups is 1. The molecule has 3 aromatic rings. The Balaban J connectivity index is 1.47. The van der Waals surface area contributed by atoms with Crippen LogP contribution in [0.5, 0.6) is 0 Å². The summed E-state index contributed by atoms with van der Waals surface area (Å²) in [6.07, 6.45) is -0.445. The molecule has 1 atom stereocenters. The van der Waals surface area contributed by atoms with Gasteiger partial charge in [0, 0.05) is 17.6 Å². The monoisotopic (exact) mass is 401 g/mol. The minimum Gasteiger partial charge on any atom is -0.387 e. The van der Waals surface area contributed by atoms with E-state index in [-0.39, 0.29) is 24.4 Å². The van der Waals surface area contributed by atoms with E-state index < -0.39 is 36.3 Å². The molecular weight excluding hydrogens is 372 g/mol. The first-order chi connectivity index (χ1) is 15.7. The average Bonchev–Trinajstić information content (AvgIpc) is 3.19. The lowest BCUT2D eigenvalue weighted by Gasteiger charge is -2.12. The summed E-state index contributed by atoms with van der Waals surface area (Å²) in [5, 5.41) is 18.4. The van der Waals surface area contributed by atoms with E-state index >= 15 is 0 Å². The Labute approximate surface area is 175 Å². The first kappa shape index (κ1) is 14.3. The van der Waals surface area contributed by atoms with Crippen molar-refractivity contribution < 1.29 is 16.8 Å². The summed E-state index contributed by atoms with van der Waals surface area (Å²) in [5.74, 6) is -0.184. The number of benzene rings is 2. The van der Waals surface area contributed by atoms with Gasteiger partial charge >= 0.3 is 0 Å². The first-order valence-corrected chi connectivity index (χ1v) is 9.59. The maximum Gasteiger partial charge on any atom is 0.230 e. The topological polar surface area (TPSA) is 100 Å². The summed E-state index contributed by atoms with van der Waals surface area (Å²) < 4.78 is 38.8. The molecule has 5 N–H and O–H groups in total. The smallest absolute Gasteiger partial charge is 0.230 e. The van der Waals surface area contributed by atoms with Crippen LogP contribution in [0.1, 0.15) is 29.8 Å². The lowest BCUT2D eigenvalue weighted by Crippen LogP contribution is -2.23. The van der Waals surface area contributed by atoms with E-state index in [2.05, 4.69) is 15.6 Å². The van der Waals surface area contributed by atoms with Gasteiger partial charge in [0.05, 0.1) is 25.1 Å². The molecule has 2 aromatic carbocycles. The Hall–Kier alpha value is -2.74. The highest BCUT2D eigenvalue weighted by molar-refractivity contribution is 7.13. The SMILES string of the molecule is [2H]c1c([2H])c([2H])c([C@@H](O)CNCCc2ccc(NC(=O)Cc3csc(N)n3)cc2)c([2H])c1[2H]. The van der Waals surface area contributed by atoms with Crippen molar-refractivity contribution in [3.05, 3.63) is 76.7 Å². The second kappa shape index (κ2) is 9.98. The van der Waals surface area contributed by atoms with Crippen molar-refractivity contribution in [2.45, 2.75) is 18.9 Å². The molecule has 0 bridgehead atoms. The van der Waals surface area contributed by atoms with Crippen molar-refractivity contribution in [1.82, 2.24) is 10.3 Å². The molecule has 6 nitrogen and oxygen atoms in total. The molecule has 1 heterocycles. The molecule has 0 radical (unpaired) electrons. The zero-order valence-electron chi connectivity index (χ0n) is 20.1. The van der Waals surface area contributed by atoms with E-state index in [0.717, 1.165) is 5.56 Å². The molecule has 7 heteroatoms. The van der Waals surface area contributed by atoms with Crippen LogP contribution in [0, 0.1) is 0 Å². The van der Waals surface area contributed by atoms with Crippen LogP contribution in [0.15, 0.2) is 59.9 Å². The van der Waals surface area contributed by atoms with Crippen LogP contribution in [0.4, 0.5) is 10.8 Å². The van der Waals surface area contributed by atoms with Crippen LogP contribution in [0.25, 0.3) is 0 Å². The Morgan fingerprint density at radius 3 is 2.68 bits per heavy atom. The van der Waals surface area contributed by atoms with E-state index in [1.165, 1.54) is 11.3 Å². The molecular formula is C21H24N4O2S. The van der Waals surface area contributed by atoms with Crippen molar-refractivity contribution in [3.8, 4) is 0 Å². The third kappa shape index (κ3) is 6.16. The largest absolute Gasteiger partial charge is 0.387 e. The summed E-state index contributed by atoms with van der Waals surface area (Å²) in [4.78, 5) is 16.2. The number of aliphatic hydroxyl groups excluding tert-OH is 1. The fraction of sp³-hybridized carbons (Fsp3) is 0.238. The molecule has 1 amide bonds. The first-order valence-electron chi connectivity index (χ1n) is 11.2. The van der Waals surface area contributed by atoms with E-state index in [0.29, 0.717) is 29.5 Å². The molecule has 0 fully saturated rings. The highest BCUT2D eigenvalue weighted by Crippen LogP contribution is 2.14. The van der Waals surface area contributed by atoms with Crippen molar-refractivity contribution in [1.29, 1.82) is 0 Å². The van der Waals surface area contributed by atoms with Gasteiger partial charge in [0.25, 0.3) is 0 Å². The summed E-state index contributed by atoms with van der Waals surface area (Å²) in [6, 6.07) is 5.14. The van der Waals surface area contributed by atoms with Gasteiger partial charge in [-0.3, -0.25) is 4.79 Å². The second-order valence-corrected chi connectivity index (χ2v) is 7.00. The number of rotatable bonds is 9. The Morgan fingerprint density at radius 2 is 2.00 bits per heavy atom. The predicted octanol–water partition coefficient (Wildman–Crippen LogP) is 2.77. The molecule has 3 rings (SSSR count). The van der Waals surface area contributed by atoms with Gasteiger partial charge in [0.15, 0.2) is 5.13 Å². The Kier molecular flexibility index (Phi) is 5.09. The van der Waals surface area contributed by atoms with Crippen LogP contribution in [-0.2, 0) is 17.6 Å². The van der Waals surface area contributed by atoms with Crippen molar-refractivity contribution in [2.75, 3.05) is 24.1 Å². The number of hydrogen-bond acceptors (Lipinski definition) is 6. The zero-order valence-corrected chi connectivity index (χ0v) is 15.9. The normalized spacial score (nSPS) is 14.4. The highest BCUT2D eigenvalue weighted by atomic mass is 32.1. The number of nitrogens with zero attached hydrogens (tertiary/aromatic N) is 1. The van der Waals surface area contributed by atoms with Gasteiger partial charge in [-0.05, 0) is 36.2 Å². The molecule has 0 aliphatic rings. The Morgan fingerprint density at radius 1 is 1.25 bits per heavy atom. The number of nitrogen functional groups attached to an aromatic ring is 1. The van der Waals surface area contributed by atoms with Gasteiger partial charge in [0.1, 0.15) is 0 Å². The lowest BCUT2D eigenvalue weighted by atomic mass is 10.1. The second-order valence-electron chi connectivity index (χ2n) is 6.11. The van der Waals surface area contributed by atoms with Gasteiger partial charge < -0.3 is 21.5 Å². The van der Waals surface area contributed by atoms with Gasteiger partial charge in [0.2, 0.25) is 5.91 Å². The van der Waals surface area contributed by atoms with Crippen LogP contribution in [0.3, 0.4) is 0 Å². The van der Waals surface area contributed by atoms with Crippen LogP contribution in [0.2, 0.25) is 0 Å². The van der Waals surface area contributed by atoms with Crippen molar-refractivity contribution in [3.63, 3.8) is 0 Å². The van der Waals surface area contributed by atoms with Gasteiger partial charge in [-0.1, -0.05) is 42.3 Å². The van der Waals surface area contributed by atoms with Crippen LogP contribution >= 0.6 is 11.3 Å². The summed E-state index contributed by atoms with van der Waals surface area (Å²) in [5.41, 5.74) is 7.75. The number of nitrogens with one attached hydrogen (secondary N) is 2. The number of aliphatic hydroxyl groups is 1. The molecule has 0 aliphatic carbocycles. The van der Waals surface area contributed by atoms with Crippen LogP contribution in [-0.4, -0.2) is 29.1 Å². The Bertz CT molecular complexity index is 1110. The minimum atomic E-state index is -1.23. The standard InChI is InChI=1S/C21H24N4O2S/c22-21-25-18(14-28-21)12-20(27)24-17-8-6-15(7-9-17)10-11-23-13-19(26)16-4-2-1-3-5-16/h1-9,14,19,23,26H,10-13H2,(H2,22,25)(H,24,27)/t19-/m0/s1/i1D,2D,3D,4D,5D. The fourth-order valence-electron chi connectivity index (χ4n) is 2.53. The maximum atomic E-state index is 12.1. The van der Waals surface area contributed by atoms with Gasteiger partial charge in [-0.25, -0.2) is 4.98 Å². The molecule has 0 saturated carbocycles. The van der Waals surface area contributed by atoms with Crippen molar-refractivity contribution >= 4 is 28.1 Å². The molecule has 0 aliphatic heterocycles. The number of carbonyl (C=O) groups excluding carboxylic acids is 1. The lowest BCUT2D eigenvalue weighted by molar-refractivity contribution is -0.115. The molecule has 0 saturated heterocycles. The summed E-state index contributed by atoms with van der Waals surface area (Å²) >= 11 is 1.29. The van der Waals surface area contributed by atoms with E-state index in [4.69, 9.17) is 12.6 Å².